The molecule has 0 spiro atoms. The summed E-state index contributed by atoms with van der Waals surface area (Å²) in [5.41, 5.74) is 2.36. The second kappa shape index (κ2) is 8.22. The number of ether oxygens (including phenoxy) is 2. The first-order chi connectivity index (χ1) is 14.2. The van der Waals surface area contributed by atoms with E-state index in [-0.39, 0.29) is 18.2 Å². The number of nitrogens with zero attached hydrogens (tertiary/aromatic N) is 5. The summed E-state index contributed by atoms with van der Waals surface area (Å²) >= 11 is 6.32. The number of rotatable bonds is 3. The molecule has 2 atom stereocenters. The molecule has 0 unspecified atom stereocenters. The summed E-state index contributed by atoms with van der Waals surface area (Å²) in [5, 5.41) is 5.08. The Morgan fingerprint density at radius 3 is 2.38 bits per heavy atom. The van der Waals surface area contributed by atoms with Gasteiger partial charge in [0, 0.05) is 42.9 Å². The van der Waals surface area contributed by atoms with Gasteiger partial charge >= 0.3 is 0 Å². The number of hydrogen-bond donors (Lipinski definition) is 0. The Bertz CT molecular complexity index is 808. The molecule has 3 aliphatic heterocycles. The van der Waals surface area contributed by atoms with E-state index in [0.29, 0.717) is 19.3 Å². The van der Waals surface area contributed by atoms with E-state index in [4.69, 9.17) is 21.1 Å². The first-order valence-electron chi connectivity index (χ1n) is 10.5. The Kier molecular flexibility index (Phi) is 5.47. The quantitative estimate of drug-likeness (QED) is 0.765. The summed E-state index contributed by atoms with van der Waals surface area (Å²) in [7, 11) is 0. The van der Waals surface area contributed by atoms with Gasteiger partial charge in [-0.25, -0.2) is 9.67 Å². The molecule has 0 radical (unpaired) electrons. The van der Waals surface area contributed by atoms with Crippen LogP contribution in [0.5, 0.6) is 0 Å². The van der Waals surface area contributed by atoms with E-state index in [1.807, 2.05) is 11.6 Å². The van der Waals surface area contributed by atoms with Crippen molar-refractivity contribution in [3.63, 3.8) is 0 Å². The van der Waals surface area contributed by atoms with Crippen molar-refractivity contribution in [2.24, 2.45) is 0 Å². The Labute approximate surface area is 176 Å². The number of hydrogen-bond acceptors (Lipinski definition) is 6. The zero-order valence-corrected chi connectivity index (χ0v) is 17.5. The van der Waals surface area contributed by atoms with Crippen LogP contribution >= 0.6 is 11.6 Å². The third-order valence-electron chi connectivity index (χ3n) is 6.56. The van der Waals surface area contributed by atoms with Gasteiger partial charge in [-0.2, -0.15) is 5.10 Å². The third-order valence-corrected chi connectivity index (χ3v) is 6.97. The van der Waals surface area contributed by atoms with Crippen molar-refractivity contribution in [1.82, 2.24) is 19.7 Å². The second-order valence-corrected chi connectivity index (χ2v) is 8.79. The summed E-state index contributed by atoms with van der Waals surface area (Å²) in [6.07, 6.45) is 5.92. The van der Waals surface area contributed by atoms with E-state index in [9.17, 15) is 0 Å². The van der Waals surface area contributed by atoms with Gasteiger partial charge in [-0.15, -0.1) is 0 Å². The van der Waals surface area contributed by atoms with E-state index in [1.54, 1.807) is 12.7 Å². The van der Waals surface area contributed by atoms with Crippen LogP contribution in [0, 0.1) is 6.92 Å². The fourth-order valence-electron chi connectivity index (χ4n) is 4.73. The zero-order chi connectivity index (χ0) is 19.8. The Morgan fingerprint density at radius 1 is 1.03 bits per heavy atom. The molecule has 8 heteroatoms. The Hall–Kier alpha value is -1.67. The first kappa shape index (κ1) is 19.3. The number of halogens is 1. The molecule has 0 aliphatic carbocycles. The summed E-state index contributed by atoms with van der Waals surface area (Å²) < 4.78 is 14.3. The summed E-state index contributed by atoms with van der Waals surface area (Å²) in [4.78, 5) is 9.06. The predicted octanol–water partition coefficient (Wildman–Crippen LogP) is 2.55. The minimum absolute atomic E-state index is 0.112. The molecule has 2 aromatic rings. The minimum Gasteiger partial charge on any atom is -0.372 e. The summed E-state index contributed by atoms with van der Waals surface area (Å²) in [6, 6.07) is 7.10. The van der Waals surface area contributed by atoms with Gasteiger partial charge in [-0.05, 0) is 37.5 Å². The van der Waals surface area contributed by atoms with Crippen molar-refractivity contribution < 1.29 is 9.47 Å². The van der Waals surface area contributed by atoms with Crippen LogP contribution in [0.3, 0.4) is 0 Å². The summed E-state index contributed by atoms with van der Waals surface area (Å²) in [6.45, 7) is 7.34. The van der Waals surface area contributed by atoms with Crippen LogP contribution in [-0.4, -0.2) is 77.3 Å². The number of likely N-dealkylation sites (tertiary alicyclic amines) is 1. The zero-order valence-electron chi connectivity index (χ0n) is 16.8. The monoisotopic (exact) mass is 417 g/mol. The number of aryl methyl sites for hydroxylation is 1. The molecule has 156 valence electrons. The van der Waals surface area contributed by atoms with Gasteiger partial charge in [0.25, 0.3) is 0 Å². The van der Waals surface area contributed by atoms with Gasteiger partial charge in [0.15, 0.2) is 0 Å². The first-order valence-corrected chi connectivity index (χ1v) is 10.9. The Morgan fingerprint density at radius 2 is 1.76 bits per heavy atom. The molecule has 5 rings (SSSR count). The van der Waals surface area contributed by atoms with Crippen molar-refractivity contribution >= 4 is 17.3 Å². The molecule has 1 aromatic heterocycles. The molecule has 3 aliphatic rings. The van der Waals surface area contributed by atoms with Crippen LogP contribution in [0.4, 0.5) is 5.69 Å². The van der Waals surface area contributed by atoms with E-state index in [0.717, 1.165) is 49.6 Å². The van der Waals surface area contributed by atoms with Gasteiger partial charge in [0.1, 0.15) is 18.7 Å². The average Bonchev–Trinajstić information content (AvgIpc) is 3.38. The highest BCUT2D eigenvalue weighted by atomic mass is 35.5. The molecule has 7 nitrogen and oxygen atoms in total. The van der Waals surface area contributed by atoms with E-state index >= 15 is 0 Å². The number of anilines is 1. The van der Waals surface area contributed by atoms with Crippen molar-refractivity contribution in [2.45, 2.75) is 44.1 Å². The molecular formula is C21H28ClN5O2. The lowest BCUT2D eigenvalue weighted by atomic mass is 10.0. The maximum atomic E-state index is 6.32. The van der Waals surface area contributed by atoms with Crippen molar-refractivity contribution in [2.75, 3.05) is 44.3 Å². The highest BCUT2D eigenvalue weighted by Crippen LogP contribution is 2.30. The lowest BCUT2D eigenvalue weighted by molar-refractivity contribution is -0.00461. The Balaban J connectivity index is 1.15. The fraction of sp³-hybridized carbons (Fsp3) is 0.619. The smallest absolute Gasteiger partial charge is 0.137 e. The number of benzene rings is 1. The topological polar surface area (TPSA) is 55.7 Å². The SMILES string of the molecule is Cc1ccc(N2CCC(N3C[C@@H]4OCC(n5cncn5)CO[C@H]4C3)CC2)cc1Cl. The van der Waals surface area contributed by atoms with Crippen LogP contribution < -0.4 is 4.90 Å². The van der Waals surface area contributed by atoms with E-state index in [1.165, 1.54) is 5.69 Å². The molecule has 4 heterocycles. The van der Waals surface area contributed by atoms with Gasteiger partial charge in [-0.3, -0.25) is 4.90 Å². The van der Waals surface area contributed by atoms with Crippen molar-refractivity contribution in [3.05, 3.63) is 41.4 Å². The van der Waals surface area contributed by atoms with Crippen LogP contribution in [0.1, 0.15) is 24.4 Å². The highest BCUT2D eigenvalue weighted by molar-refractivity contribution is 6.31. The lowest BCUT2D eigenvalue weighted by Gasteiger charge is -2.38. The van der Waals surface area contributed by atoms with Crippen LogP contribution in [0.25, 0.3) is 0 Å². The van der Waals surface area contributed by atoms with Crippen molar-refractivity contribution in [3.8, 4) is 0 Å². The molecule has 3 saturated heterocycles. The molecule has 3 fully saturated rings. The van der Waals surface area contributed by atoms with Gasteiger partial charge in [0.2, 0.25) is 0 Å². The normalized spacial score (nSPS) is 27.2. The lowest BCUT2D eigenvalue weighted by Crippen LogP contribution is -2.44. The standard InChI is InChI=1S/C21H28ClN5O2/c1-15-2-3-17(8-19(15)22)25-6-4-16(5-7-25)26-9-20-21(10-26)29-12-18(11-28-20)27-14-23-13-24-27/h2-3,8,13-14,16,18,20-21H,4-7,9-12H2,1H3/t20-,21-/m0/s1. The van der Waals surface area contributed by atoms with Crippen LogP contribution in [0.15, 0.2) is 30.9 Å². The average molecular weight is 418 g/mol. The molecule has 0 N–H and O–H groups in total. The van der Waals surface area contributed by atoms with Crippen LogP contribution in [0.2, 0.25) is 5.02 Å². The number of aromatic nitrogens is 3. The predicted molar refractivity (Wildman–Crippen MR) is 112 cm³/mol. The van der Waals surface area contributed by atoms with E-state index < -0.39 is 0 Å². The number of piperidine rings is 1. The van der Waals surface area contributed by atoms with Gasteiger partial charge in [-0.1, -0.05) is 17.7 Å². The van der Waals surface area contributed by atoms with E-state index in [2.05, 4.69) is 38.1 Å². The molecule has 0 bridgehead atoms. The summed E-state index contributed by atoms with van der Waals surface area (Å²) in [5.74, 6) is 0. The molecule has 0 amide bonds. The number of fused-ring (bicyclic) bond motifs is 1. The maximum Gasteiger partial charge on any atom is 0.137 e. The molecule has 1 aromatic carbocycles. The van der Waals surface area contributed by atoms with Crippen LogP contribution in [-0.2, 0) is 9.47 Å². The fourth-order valence-corrected chi connectivity index (χ4v) is 4.91. The minimum atomic E-state index is 0.112. The highest BCUT2D eigenvalue weighted by Gasteiger charge is 2.40. The van der Waals surface area contributed by atoms with Gasteiger partial charge in [0.05, 0.1) is 25.4 Å². The third kappa shape index (κ3) is 4.01. The van der Waals surface area contributed by atoms with Gasteiger partial charge < -0.3 is 14.4 Å². The second-order valence-electron chi connectivity index (χ2n) is 8.38. The molecule has 29 heavy (non-hydrogen) atoms. The molecule has 0 saturated carbocycles. The molecular weight excluding hydrogens is 390 g/mol. The maximum absolute atomic E-state index is 6.32. The van der Waals surface area contributed by atoms with Crippen molar-refractivity contribution in [1.29, 1.82) is 0 Å². The largest absolute Gasteiger partial charge is 0.372 e.